The normalized spacial score (nSPS) is 17.9. The monoisotopic (exact) mass is 255 g/mol. The molecule has 0 aliphatic heterocycles. The van der Waals surface area contributed by atoms with Gasteiger partial charge < -0.3 is 11.1 Å². The second kappa shape index (κ2) is 4.28. The number of nitrogens with zero attached hydrogens (tertiary/aromatic N) is 1. The quantitative estimate of drug-likeness (QED) is 0.866. The van der Waals surface area contributed by atoms with Gasteiger partial charge in [0.2, 0.25) is 0 Å². The Morgan fingerprint density at radius 2 is 2.36 bits per heavy atom. The van der Waals surface area contributed by atoms with Gasteiger partial charge in [0.25, 0.3) is 0 Å². The standard InChI is InChI=1S/C10H14BrN3/c11-8-3-9(6-13-5-8)14-10(4-12)7-1-2-7/h3,5-7,10,14H,1-2,4,12H2. The van der Waals surface area contributed by atoms with Crippen LogP contribution in [0, 0.1) is 5.92 Å². The summed E-state index contributed by atoms with van der Waals surface area (Å²) in [5, 5.41) is 3.41. The first kappa shape index (κ1) is 9.93. The number of anilines is 1. The van der Waals surface area contributed by atoms with Gasteiger partial charge >= 0.3 is 0 Å². The van der Waals surface area contributed by atoms with Crippen molar-refractivity contribution < 1.29 is 0 Å². The molecule has 1 aliphatic rings. The van der Waals surface area contributed by atoms with Crippen LogP contribution in [0.2, 0.25) is 0 Å². The molecule has 0 aromatic carbocycles. The van der Waals surface area contributed by atoms with E-state index in [2.05, 4.69) is 26.2 Å². The lowest BCUT2D eigenvalue weighted by molar-refractivity contribution is 0.645. The first-order valence-corrected chi connectivity index (χ1v) is 5.66. The molecule has 0 radical (unpaired) electrons. The van der Waals surface area contributed by atoms with E-state index in [1.54, 1.807) is 6.20 Å². The number of halogens is 1. The van der Waals surface area contributed by atoms with Gasteiger partial charge in [0.15, 0.2) is 0 Å². The van der Waals surface area contributed by atoms with Gasteiger partial charge in [-0.2, -0.15) is 0 Å². The Labute approximate surface area is 92.2 Å². The summed E-state index contributed by atoms with van der Waals surface area (Å²) in [6.07, 6.45) is 6.21. The molecule has 2 rings (SSSR count). The molecule has 76 valence electrons. The maximum Gasteiger partial charge on any atom is 0.0540 e. The van der Waals surface area contributed by atoms with E-state index in [0.717, 1.165) is 16.1 Å². The van der Waals surface area contributed by atoms with E-state index in [9.17, 15) is 0 Å². The van der Waals surface area contributed by atoms with Crippen molar-refractivity contribution in [2.75, 3.05) is 11.9 Å². The third-order valence-electron chi connectivity index (χ3n) is 2.50. The predicted octanol–water partition coefficient (Wildman–Crippen LogP) is 1.99. The minimum absolute atomic E-state index is 0.408. The average Bonchev–Trinajstić information content (AvgIpc) is 2.97. The van der Waals surface area contributed by atoms with Crippen LogP contribution in [-0.2, 0) is 0 Å². The summed E-state index contributed by atoms with van der Waals surface area (Å²) in [7, 11) is 0. The van der Waals surface area contributed by atoms with Crippen molar-refractivity contribution in [2.45, 2.75) is 18.9 Å². The molecule has 0 bridgehead atoms. The molecule has 1 aliphatic carbocycles. The molecule has 14 heavy (non-hydrogen) atoms. The highest BCUT2D eigenvalue weighted by Crippen LogP contribution is 2.33. The van der Waals surface area contributed by atoms with Gasteiger partial charge in [-0.1, -0.05) is 0 Å². The highest BCUT2D eigenvalue weighted by molar-refractivity contribution is 9.10. The van der Waals surface area contributed by atoms with Crippen molar-refractivity contribution in [1.29, 1.82) is 0 Å². The Kier molecular flexibility index (Phi) is 3.03. The molecule has 1 saturated carbocycles. The molecule has 1 aromatic rings. The Hall–Kier alpha value is -0.610. The zero-order valence-electron chi connectivity index (χ0n) is 7.91. The number of hydrogen-bond donors (Lipinski definition) is 2. The Bertz CT molecular complexity index is 312. The minimum Gasteiger partial charge on any atom is -0.379 e. The van der Waals surface area contributed by atoms with E-state index < -0.39 is 0 Å². The zero-order valence-corrected chi connectivity index (χ0v) is 9.50. The smallest absolute Gasteiger partial charge is 0.0540 e. The fraction of sp³-hybridized carbons (Fsp3) is 0.500. The molecule has 0 saturated heterocycles. The van der Waals surface area contributed by atoms with E-state index in [1.807, 2.05) is 12.3 Å². The molecule has 3 N–H and O–H groups in total. The minimum atomic E-state index is 0.408. The molecule has 1 atom stereocenters. The van der Waals surface area contributed by atoms with Crippen LogP contribution >= 0.6 is 15.9 Å². The van der Waals surface area contributed by atoms with Gasteiger partial charge in [-0.15, -0.1) is 0 Å². The number of hydrogen-bond acceptors (Lipinski definition) is 3. The summed E-state index contributed by atoms with van der Waals surface area (Å²) in [6, 6.07) is 2.43. The van der Waals surface area contributed by atoms with E-state index in [-0.39, 0.29) is 0 Å². The van der Waals surface area contributed by atoms with Crippen LogP contribution in [0.4, 0.5) is 5.69 Å². The summed E-state index contributed by atoms with van der Waals surface area (Å²) in [5.74, 6) is 0.763. The predicted molar refractivity (Wildman–Crippen MR) is 61.1 cm³/mol. The Morgan fingerprint density at radius 1 is 1.57 bits per heavy atom. The third kappa shape index (κ3) is 2.45. The van der Waals surface area contributed by atoms with Crippen molar-refractivity contribution in [2.24, 2.45) is 11.7 Å². The first-order chi connectivity index (χ1) is 6.79. The molecular weight excluding hydrogens is 242 g/mol. The Morgan fingerprint density at radius 3 is 2.93 bits per heavy atom. The number of nitrogens with two attached hydrogens (primary N) is 1. The third-order valence-corrected chi connectivity index (χ3v) is 2.94. The maximum absolute atomic E-state index is 5.70. The lowest BCUT2D eigenvalue weighted by Gasteiger charge is -2.17. The van der Waals surface area contributed by atoms with Crippen LogP contribution in [0.1, 0.15) is 12.8 Å². The van der Waals surface area contributed by atoms with Crippen molar-refractivity contribution in [3.8, 4) is 0 Å². The zero-order chi connectivity index (χ0) is 9.97. The molecule has 0 spiro atoms. The van der Waals surface area contributed by atoms with Crippen LogP contribution in [0.25, 0.3) is 0 Å². The van der Waals surface area contributed by atoms with Crippen LogP contribution < -0.4 is 11.1 Å². The molecule has 1 fully saturated rings. The van der Waals surface area contributed by atoms with Crippen LogP contribution in [0.5, 0.6) is 0 Å². The van der Waals surface area contributed by atoms with E-state index in [1.165, 1.54) is 12.8 Å². The van der Waals surface area contributed by atoms with Crippen LogP contribution in [-0.4, -0.2) is 17.6 Å². The van der Waals surface area contributed by atoms with Gasteiger partial charge in [0, 0.05) is 23.3 Å². The van der Waals surface area contributed by atoms with Crippen LogP contribution in [0.15, 0.2) is 22.9 Å². The number of nitrogens with one attached hydrogen (secondary N) is 1. The fourth-order valence-electron chi connectivity index (χ4n) is 1.57. The lowest BCUT2D eigenvalue weighted by Crippen LogP contribution is -2.30. The average molecular weight is 256 g/mol. The second-order valence-electron chi connectivity index (χ2n) is 3.72. The summed E-state index contributed by atoms with van der Waals surface area (Å²) >= 11 is 3.39. The highest BCUT2D eigenvalue weighted by Gasteiger charge is 2.30. The van der Waals surface area contributed by atoms with Gasteiger partial charge in [-0.3, -0.25) is 4.98 Å². The van der Waals surface area contributed by atoms with Crippen molar-refractivity contribution in [1.82, 2.24) is 4.98 Å². The molecule has 1 aromatic heterocycles. The topological polar surface area (TPSA) is 50.9 Å². The summed E-state index contributed by atoms with van der Waals surface area (Å²) in [5.41, 5.74) is 6.75. The molecule has 1 heterocycles. The summed E-state index contributed by atoms with van der Waals surface area (Å²) < 4.78 is 0.995. The number of aromatic nitrogens is 1. The molecular formula is C10H14BrN3. The number of rotatable bonds is 4. The van der Waals surface area contributed by atoms with Crippen molar-refractivity contribution in [3.63, 3.8) is 0 Å². The summed E-state index contributed by atoms with van der Waals surface area (Å²) in [4.78, 5) is 4.10. The van der Waals surface area contributed by atoms with Gasteiger partial charge in [-0.25, -0.2) is 0 Å². The van der Waals surface area contributed by atoms with E-state index in [0.29, 0.717) is 12.6 Å². The van der Waals surface area contributed by atoms with E-state index in [4.69, 9.17) is 5.73 Å². The van der Waals surface area contributed by atoms with Crippen LogP contribution in [0.3, 0.4) is 0 Å². The SMILES string of the molecule is NCC(Nc1cncc(Br)c1)C1CC1. The maximum atomic E-state index is 5.70. The molecule has 4 heteroatoms. The first-order valence-electron chi connectivity index (χ1n) is 4.87. The Balaban J connectivity index is 2.01. The highest BCUT2D eigenvalue weighted by atomic mass is 79.9. The van der Waals surface area contributed by atoms with Gasteiger partial charge in [0.05, 0.1) is 11.9 Å². The second-order valence-corrected chi connectivity index (χ2v) is 4.63. The largest absolute Gasteiger partial charge is 0.379 e. The molecule has 3 nitrogen and oxygen atoms in total. The molecule has 0 amide bonds. The van der Waals surface area contributed by atoms with E-state index >= 15 is 0 Å². The van der Waals surface area contributed by atoms with Gasteiger partial charge in [-0.05, 0) is 40.8 Å². The molecule has 1 unspecified atom stereocenters. The fourth-order valence-corrected chi connectivity index (χ4v) is 1.94. The lowest BCUT2D eigenvalue weighted by atomic mass is 10.2. The summed E-state index contributed by atoms with van der Waals surface area (Å²) in [6.45, 7) is 0.692. The number of pyridine rings is 1. The van der Waals surface area contributed by atoms with Crippen molar-refractivity contribution in [3.05, 3.63) is 22.9 Å². The van der Waals surface area contributed by atoms with Crippen molar-refractivity contribution >= 4 is 21.6 Å². The van der Waals surface area contributed by atoms with Gasteiger partial charge in [0.1, 0.15) is 0 Å².